The summed E-state index contributed by atoms with van der Waals surface area (Å²) in [5.41, 5.74) is 3.43. The van der Waals surface area contributed by atoms with E-state index in [0.717, 1.165) is 34.5 Å². The van der Waals surface area contributed by atoms with Crippen LogP contribution >= 0.6 is 0 Å². The molecule has 0 radical (unpaired) electrons. The molecule has 0 bridgehead atoms. The second-order valence-corrected chi connectivity index (χ2v) is 6.86. The molecule has 0 unspecified atom stereocenters. The van der Waals surface area contributed by atoms with Crippen molar-refractivity contribution >= 4 is 0 Å². The van der Waals surface area contributed by atoms with Crippen LogP contribution in [0.5, 0.6) is 0 Å². The van der Waals surface area contributed by atoms with Crippen molar-refractivity contribution < 1.29 is 13.2 Å². The Morgan fingerprint density at radius 3 is 2.33 bits per heavy atom. The van der Waals surface area contributed by atoms with Gasteiger partial charge in [-0.05, 0) is 48.4 Å². The van der Waals surface area contributed by atoms with E-state index in [9.17, 15) is 18.0 Å². The molecule has 0 amide bonds. The molecule has 0 atom stereocenters. The molecule has 150 valence electrons. The predicted molar refractivity (Wildman–Crippen MR) is 107 cm³/mol. The quantitative estimate of drug-likeness (QED) is 0.459. The van der Waals surface area contributed by atoms with E-state index >= 15 is 0 Å². The molecule has 0 fully saturated rings. The molecule has 0 aliphatic heterocycles. The van der Waals surface area contributed by atoms with E-state index < -0.39 is 17.5 Å². The van der Waals surface area contributed by atoms with Crippen LogP contribution in [0.25, 0.3) is 22.4 Å². The second-order valence-electron chi connectivity index (χ2n) is 6.86. The summed E-state index contributed by atoms with van der Waals surface area (Å²) in [5.74, 6) is -4.18. The molecule has 2 aromatic heterocycles. The van der Waals surface area contributed by atoms with E-state index in [1.807, 2.05) is 43.3 Å². The molecule has 2 heterocycles. The van der Waals surface area contributed by atoms with Crippen molar-refractivity contribution in [2.45, 2.75) is 13.5 Å². The Labute approximate surface area is 170 Å². The predicted octanol–water partition coefficient (Wildman–Crippen LogP) is 4.75. The van der Waals surface area contributed by atoms with Crippen molar-refractivity contribution in [3.05, 3.63) is 106 Å². The average molecular weight is 407 g/mol. The van der Waals surface area contributed by atoms with Crippen LogP contribution in [0.1, 0.15) is 11.3 Å². The zero-order valence-electron chi connectivity index (χ0n) is 15.9. The van der Waals surface area contributed by atoms with Crippen LogP contribution in [0.15, 0.2) is 71.7 Å². The minimum absolute atomic E-state index is 0.0413. The highest BCUT2D eigenvalue weighted by Crippen LogP contribution is 2.22. The fraction of sp³-hybridized carbons (Fsp3) is 0.0870. The molecule has 0 aliphatic carbocycles. The van der Waals surface area contributed by atoms with Gasteiger partial charge < -0.3 is 0 Å². The SMILES string of the molecule is Cc1ccc(-c2cccc(Cn3nc(-c4cc(F)c(F)c(F)c4)ccc3=O)c2)cn1. The monoisotopic (exact) mass is 407 g/mol. The van der Waals surface area contributed by atoms with Gasteiger partial charge in [-0.2, -0.15) is 5.10 Å². The van der Waals surface area contributed by atoms with E-state index in [1.54, 1.807) is 6.20 Å². The van der Waals surface area contributed by atoms with Crippen molar-refractivity contribution in [3.8, 4) is 22.4 Å². The minimum atomic E-state index is -1.55. The molecule has 7 heteroatoms. The molecule has 4 aromatic rings. The number of hydrogen-bond acceptors (Lipinski definition) is 3. The van der Waals surface area contributed by atoms with Gasteiger partial charge in [0.1, 0.15) is 0 Å². The fourth-order valence-corrected chi connectivity index (χ4v) is 3.08. The molecular formula is C23H16F3N3O. The standard InChI is InChI=1S/C23H16F3N3O/c1-14-5-6-17(12-27-14)16-4-2-3-15(9-16)13-29-22(30)8-7-21(28-29)18-10-19(24)23(26)20(25)11-18/h2-12H,13H2,1H3. The summed E-state index contributed by atoms with van der Waals surface area (Å²) >= 11 is 0. The lowest BCUT2D eigenvalue weighted by Crippen LogP contribution is -2.22. The van der Waals surface area contributed by atoms with Crippen LogP contribution in [-0.4, -0.2) is 14.8 Å². The topological polar surface area (TPSA) is 47.8 Å². The van der Waals surface area contributed by atoms with Crippen LogP contribution in [0, 0.1) is 24.4 Å². The Morgan fingerprint density at radius 2 is 1.63 bits per heavy atom. The van der Waals surface area contributed by atoms with E-state index in [1.165, 1.54) is 16.8 Å². The van der Waals surface area contributed by atoms with Gasteiger partial charge in [0, 0.05) is 29.1 Å². The van der Waals surface area contributed by atoms with E-state index in [4.69, 9.17) is 0 Å². The number of pyridine rings is 1. The van der Waals surface area contributed by atoms with Gasteiger partial charge in [-0.1, -0.05) is 24.3 Å². The highest BCUT2D eigenvalue weighted by molar-refractivity contribution is 5.63. The average Bonchev–Trinajstić information content (AvgIpc) is 2.74. The molecule has 2 aromatic carbocycles. The summed E-state index contributed by atoms with van der Waals surface area (Å²) < 4.78 is 41.6. The third-order valence-electron chi connectivity index (χ3n) is 4.65. The van der Waals surface area contributed by atoms with Crippen molar-refractivity contribution in [3.63, 3.8) is 0 Å². The van der Waals surface area contributed by atoms with Crippen LogP contribution in [-0.2, 0) is 6.54 Å². The summed E-state index contributed by atoms with van der Waals surface area (Å²) in [6.45, 7) is 2.07. The van der Waals surface area contributed by atoms with Crippen molar-refractivity contribution in [1.82, 2.24) is 14.8 Å². The summed E-state index contributed by atoms with van der Waals surface area (Å²) in [5, 5.41) is 4.20. The Balaban J connectivity index is 1.67. The lowest BCUT2D eigenvalue weighted by atomic mass is 10.0. The number of hydrogen-bond donors (Lipinski definition) is 0. The molecule has 0 N–H and O–H groups in total. The third kappa shape index (κ3) is 4.00. The minimum Gasteiger partial charge on any atom is -0.268 e. The first kappa shape index (κ1) is 19.6. The molecule has 4 nitrogen and oxygen atoms in total. The highest BCUT2D eigenvalue weighted by Gasteiger charge is 2.13. The van der Waals surface area contributed by atoms with Gasteiger partial charge >= 0.3 is 0 Å². The zero-order chi connectivity index (χ0) is 21.3. The smallest absolute Gasteiger partial charge is 0.267 e. The normalized spacial score (nSPS) is 10.9. The molecule has 4 rings (SSSR count). The summed E-state index contributed by atoms with van der Waals surface area (Å²) in [4.78, 5) is 16.6. The summed E-state index contributed by atoms with van der Waals surface area (Å²) in [6, 6.07) is 15.8. The van der Waals surface area contributed by atoms with Crippen LogP contribution in [0.4, 0.5) is 13.2 Å². The maximum atomic E-state index is 13.6. The maximum absolute atomic E-state index is 13.6. The van der Waals surface area contributed by atoms with Crippen LogP contribution in [0.2, 0.25) is 0 Å². The Bertz CT molecular complexity index is 1260. The number of halogens is 3. The van der Waals surface area contributed by atoms with Crippen molar-refractivity contribution in [2.24, 2.45) is 0 Å². The Hall–Kier alpha value is -3.74. The van der Waals surface area contributed by atoms with Gasteiger partial charge in [-0.25, -0.2) is 17.9 Å². The van der Waals surface area contributed by atoms with E-state index in [-0.39, 0.29) is 23.4 Å². The van der Waals surface area contributed by atoms with Gasteiger partial charge in [0.25, 0.3) is 5.56 Å². The number of benzene rings is 2. The highest BCUT2D eigenvalue weighted by atomic mass is 19.2. The molecule has 0 spiro atoms. The first-order valence-corrected chi connectivity index (χ1v) is 9.16. The second kappa shape index (κ2) is 7.94. The largest absolute Gasteiger partial charge is 0.268 e. The zero-order valence-corrected chi connectivity index (χ0v) is 15.9. The number of nitrogens with zero attached hydrogens (tertiary/aromatic N) is 3. The Kier molecular flexibility index (Phi) is 5.18. The van der Waals surface area contributed by atoms with Gasteiger partial charge in [-0.3, -0.25) is 9.78 Å². The van der Waals surface area contributed by atoms with Crippen molar-refractivity contribution in [1.29, 1.82) is 0 Å². The summed E-state index contributed by atoms with van der Waals surface area (Å²) in [7, 11) is 0. The van der Waals surface area contributed by atoms with Gasteiger partial charge in [-0.15, -0.1) is 0 Å². The first-order chi connectivity index (χ1) is 14.4. The number of aryl methyl sites for hydroxylation is 1. The lowest BCUT2D eigenvalue weighted by Gasteiger charge is -2.09. The maximum Gasteiger partial charge on any atom is 0.267 e. The molecule has 0 saturated heterocycles. The molecular weight excluding hydrogens is 391 g/mol. The molecule has 0 saturated carbocycles. The molecule has 0 aliphatic rings. The van der Waals surface area contributed by atoms with E-state index in [0.29, 0.717) is 0 Å². The lowest BCUT2D eigenvalue weighted by molar-refractivity contribution is 0.447. The molecule has 30 heavy (non-hydrogen) atoms. The third-order valence-corrected chi connectivity index (χ3v) is 4.65. The van der Waals surface area contributed by atoms with Gasteiger partial charge in [0.05, 0.1) is 12.2 Å². The Morgan fingerprint density at radius 1 is 0.867 bits per heavy atom. The summed E-state index contributed by atoms with van der Waals surface area (Å²) in [6.07, 6.45) is 1.77. The van der Waals surface area contributed by atoms with Crippen molar-refractivity contribution in [2.75, 3.05) is 0 Å². The van der Waals surface area contributed by atoms with E-state index in [2.05, 4.69) is 10.1 Å². The van der Waals surface area contributed by atoms with Crippen LogP contribution in [0.3, 0.4) is 0 Å². The number of rotatable bonds is 4. The fourth-order valence-electron chi connectivity index (χ4n) is 3.08. The number of aromatic nitrogens is 3. The first-order valence-electron chi connectivity index (χ1n) is 9.16. The van der Waals surface area contributed by atoms with Gasteiger partial charge in [0.2, 0.25) is 0 Å². The van der Waals surface area contributed by atoms with Crippen LogP contribution < -0.4 is 5.56 Å². The van der Waals surface area contributed by atoms with Gasteiger partial charge in [0.15, 0.2) is 17.5 Å².